The summed E-state index contributed by atoms with van der Waals surface area (Å²) in [6, 6.07) is 4.84. The highest BCUT2D eigenvalue weighted by molar-refractivity contribution is 5.51. The van der Waals surface area contributed by atoms with Gasteiger partial charge in [0.05, 0.1) is 7.11 Å². The average Bonchev–Trinajstić information content (AvgIpc) is 2.50. The van der Waals surface area contributed by atoms with Gasteiger partial charge in [-0.25, -0.2) is 0 Å². The second kappa shape index (κ2) is 6.41. The van der Waals surface area contributed by atoms with Crippen molar-refractivity contribution in [1.29, 1.82) is 0 Å². The molecule has 0 aliphatic rings. The molecule has 2 nitrogen and oxygen atoms in total. The van der Waals surface area contributed by atoms with Gasteiger partial charge in [-0.1, -0.05) is 24.3 Å². The van der Waals surface area contributed by atoms with E-state index >= 15 is 0 Å². The van der Waals surface area contributed by atoms with E-state index in [-0.39, 0.29) is 11.3 Å². The van der Waals surface area contributed by atoms with Gasteiger partial charge in [-0.05, 0) is 48.2 Å². The smallest absolute Gasteiger partial charge is 0.411 e. The van der Waals surface area contributed by atoms with Crippen LogP contribution in [0, 0.1) is 13.8 Å². The van der Waals surface area contributed by atoms with Crippen molar-refractivity contribution in [3.05, 3.63) is 58.7 Å². The molecule has 0 saturated heterocycles. The van der Waals surface area contributed by atoms with E-state index < -0.39 is 34.6 Å². The molecule has 0 bridgehead atoms. The molecule has 1 N–H and O–H groups in total. The van der Waals surface area contributed by atoms with Crippen LogP contribution in [-0.4, -0.2) is 24.6 Å². The van der Waals surface area contributed by atoms with Gasteiger partial charge in [-0.3, -0.25) is 0 Å². The van der Waals surface area contributed by atoms with Crippen molar-refractivity contribution >= 4 is 0 Å². The zero-order valence-electron chi connectivity index (χ0n) is 14.1. The van der Waals surface area contributed by atoms with Crippen LogP contribution in [0.4, 0.5) is 26.3 Å². The van der Waals surface area contributed by atoms with Crippen LogP contribution in [0.2, 0.25) is 0 Å². The molecule has 0 aromatic heterocycles. The molecule has 0 atom stereocenters. The van der Waals surface area contributed by atoms with Gasteiger partial charge in [-0.2, -0.15) is 26.3 Å². The number of hydrogen-bond acceptors (Lipinski definition) is 2. The highest BCUT2D eigenvalue weighted by Crippen LogP contribution is 2.57. The molecule has 0 spiro atoms. The fourth-order valence-electron chi connectivity index (χ4n) is 2.92. The molecule has 8 heteroatoms. The van der Waals surface area contributed by atoms with E-state index in [4.69, 9.17) is 4.74 Å². The predicted molar refractivity (Wildman–Crippen MR) is 83.5 cm³/mol. The maximum absolute atomic E-state index is 14.0. The lowest BCUT2D eigenvalue weighted by Gasteiger charge is -2.38. The number of rotatable bonds is 3. The zero-order valence-corrected chi connectivity index (χ0v) is 14.1. The van der Waals surface area contributed by atoms with E-state index in [0.29, 0.717) is 17.7 Å². The predicted octanol–water partition coefficient (Wildman–Crippen LogP) is 5.43. The lowest BCUT2D eigenvalue weighted by atomic mass is 9.72. The number of methoxy groups -OCH3 is 1. The van der Waals surface area contributed by atoms with Gasteiger partial charge in [0.15, 0.2) is 0 Å². The van der Waals surface area contributed by atoms with Crippen LogP contribution in [-0.2, 0) is 5.41 Å². The van der Waals surface area contributed by atoms with Crippen molar-refractivity contribution in [3.8, 4) is 11.5 Å². The first-order valence-electron chi connectivity index (χ1n) is 7.45. The number of aromatic hydroxyl groups is 1. The Morgan fingerprint density at radius 1 is 0.769 bits per heavy atom. The Labute approximate surface area is 146 Å². The van der Waals surface area contributed by atoms with Crippen molar-refractivity contribution < 1.29 is 36.2 Å². The van der Waals surface area contributed by atoms with Crippen LogP contribution in [0.15, 0.2) is 36.4 Å². The Morgan fingerprint density at radius 2 is 1.27 bits per heavy atom. The summed E-state index contributed by atoms with van der Waals surface area (Å²) in [6.07, 6.45) is -11.4. The lowest BCUT2D eigenvalue weighted by Crippen LogP contribution is -2.54. The third kappa shape index (κ3) is 2.97. The summed E-state index contributed by atoms with van der Waals surface area (Å²) in [5, 5.41) is 9.52. The normalized spacial score (nSPS) is 13.0. The third-order valence-electron chi connectivity index (χ3n) is 4.32. The van der Waals surface area contributed by atoms with Crippen LogP contribution >= 0.6 is 0 Å². The summed E-state index contributed by atoms with van der Waals surface area (Å²) < 4.78 is 88.8. The number of phenolic OH excluding ortho intramolecular Hbond substituents is 1. The van der Waals surface area contributed by atoms with E-state index in [1.54, 1.807) is 0 Å². The highest BCUT2D eigenvalue weighted by atomic mass is 19.4. The average molecular weight is 378 g/mol. The van der Waals surface area contributed by atoms with Gasteiger partial charge in [0.25, 0.3) is 0 Å². The SMILES string of the molecule is COc1cc(C(c2ccc(O)c(C)c2)(C(F)(F)F)C(F)(F)F)ccc1C. The molecular formula is C18H16F6O2. The Kier molecular flexibility index (Phi) is 4.91. The lowest BCUT2D eigenvalue weighted by molar-refractivity contribution is -0.288. The van der Waals surface area contributed by atoms with Crippen molar-refractivity contribution in [2.75, 3.05) is 7.11 Å². The van der Waals surface area contributed by atoms with E-state index in [9.17, 15) is 31.4 Å². The van der Waals surface area contributed by atoms with Crippen molar-refractivity contribution in [3.63, 3.8) is 0 Å². The highest BCUT2D eigenvalue weighted by Gasteiger charge is 2.72. The molecule has 0 aliphatic heterocycles. The summed E-state index contributed by atoms with van der Waals surface area (Å²) in [4.78, 5) is 0. The number of alkyl halides is 6. The second-order valence-corrected chi connectivity index (χ2v) is 5.93. The Hall–Kier alpha value is -2.38. The molecule has 26 heavy (non-hydrogen) atoms. The van der Waals surface area contributed by atoms with E-state index in [1.165, 1.54) is 21.0 Å². The quantitative estimate of drug-likeness (QED) is 0.722. The number of hydrogen-bond donors (Lipinski definition) is 1. The molecule has 0 fully saturated rings. The summed E-state index contributed by atoms with van der Waals surface area (Å²) in [6.45, 7) is 2.74. The molecular weight excluding hydrogens is 362 g/mol. The van der Waals surface area contributed by atoms with Crippen molar-refractivity contribution in [2.24, 2.45) is 0 Å². The number of ether oxygens (including phenoxy) is 1. The van der Waals surface area contributed by atoms with E-state index in [0.717, 1.165) is 24.3 Å². The van der Waals surface area contributed by atoms with Crippen molar-refractivity contribution in [2.45, 2.75) is 31.6 Å². The molecule has 0 heterocycles. The molecule has 0 unspecified atom stereocenters. The topological polar surface area (TPSA) is 29.5 Å². The van der Waals surface area contributed by atoms with Crippen LogP contribution in [0.1, 0.15) is 22.3 Å². The van der Waals surface area contributed by atoms with Gasteiger partial charge in [-0.15, -0.1) is 0 Å². The van der Waals surface area contributed by atoms with Gasteiger partial charge >= 0.3 is 12.4 Å². The summed E-state index contributed by atoms with van der Waals surface area (Å²) in [5.41, 5.74) is -6.00. The molecule has 2 aromatic rings. The molecule has 0 saturated carbocycles. The van der Waals surface area contributed by atoms with Gasteiger partial charge < -0.3 is 9.84 Å². The maximum atomic E-state index is 14.0. The van der Waals surface area contributed by atoms with Crippen molar-refractivity contribution in [1.82, 2.24) is 0 Å². The monoisotopic (exact) mass is 378 g/mol. The molecule has 0 radical (unpaired) electrons. The second-order valence-electron chi connectivity index (χ2n) is 5.93. The third-order valence-corrected chi connectivity index (χ3v) is 4.32. The van der Waals surface area contributed by atoms with Crippen LogP contribution in [0.25, 0.3) is 0 Å². The molecule has 0 amide bonds. The Balaban J connectivity index is 2.96. The first-order valence-corrected chi connectivity index (χ1v) is 7.45. The van der Waals surface area contributed by atoms with Gasteiger partial charge in [0, 0.05) is 0 Å². The van der Waals surface area contributed by atoms with Crippen LogP contribution < -0.4 is 4.74 Å². The Bertz CT molecular complexity index is 794. The number of phenols is 1. The largest absolute Gasteiger partial charge is 0.508 e. The minimum absolute atomic E-state index is 0.0872. The molecule has 2 rings (SSSR count). The number of aryl methyl sites for hydroxylation is 2. The summed E-state index contributed by atoms with van der Waals surface area (Å²) in [7, 11) is 1.17. The minimum atomic E-state index is -5.69. The van der Waals surface area contributed by atoms with Gasteiger partial charge in [0.2, 0.25) is 5.41 Å². The summed E-state index contributed by atoms with van der Waals surface area (Å²) in [5.74, 6) is -0.482. The van der Waals surface area contributed by atoms with E-state index in [2.05, 4.69) is 0 Å². The molecule has 0 aliphatic carbocycles. The fourth-order valence-corrected chi connectivity index (χ4v) is 2.92. The first kappa shape index (κ1) is 19.9. The number of benzene rings is 2. The minimum Gasteiger partial charge on any atom is -0.508 e. The molecule has 142 valence electrons. The standard InChI is InChI=1S/C18H16F6O2/c1-10-4-5-13(9-15(10)26-3)16(17(19,20)21,18(22,23)24)12-6-7-14(25)11(2)8-12/h4-9,25H,1-3H3. The molecule has 2 aromatic carbocycles. The van der Waals surface area contributed by atoms with Crippen LogP contribution in [0.3, 0.4) is 0 Å². The number of halogens is 6. The first-order chi connectivity index (χ1) is 11.9. The van der Waals surface area contributed by atoms with Gasteiger partial charge in [0.1, 0.15) is 11.5 Å². The summed E-state index contributed by atoms with van der Waals surface area (Å²) >= 11 is 0. The van der Waals surface area contributed by atoms with Crippen LogP contribution in [0.5, 0.6) is 11.5 Å². The zero-order chi connectivity index (χ0) is 19.9. The van der Waals surface area contributed by atoms with E-state index in [1.807, 2.05) is 0 Å². The maximum Gasteiger partial charge on any atom is 0.411 e. The fraction of sp³-hybridized carbons (Fsp3) is 0.333. The Morgan fingerprint density at radius 3 is 1.73 bits per heavy atom.